The van der Waals surface area contributed by atoms with Crippen LogP contribution in [0, 0.1) is 12.3 Å². The van der Waals surface area contributed by atoms with E-state index in [1.54, 1.807) is 7.11 Å². The first-order chi connectivity index (χ1) is 9.83. The van der Waals surface area contributed by atoms with Crippen molar-refractivity contribution < 1.29 is 4.74 Å². The maximum atomic E-state index is 5.57. The van der Waals surface area contributed by atoms with Crippen LogP contribution in [-0.2, 0) is 0 Å². The number of hydrogen-bond donors (Lipinski definition) is 1. The molecule has 0 aliphatic rings. The van der Waals surface area contributed by atoms with Gasteiger partial charge in [0.15, 0.2) is 0 Å². The molecule has 1 N–H and O–H groups in total. The molecule has 0 bridgehead atoms. The predicted molar refractivity (Wildman–Crippen MR) is 84.7 cm³/mol. The minimum absolute atomic E-state index is 0.188. The molecule has 2 nitrogen and oxygen atoms in total. The molecule has 0 amide bonds. The average Bonchev–Trinajstić information content (AvgIpc) is 2.52. The smallest absolute Gasteiger partial charge is 0.141 e. The molecule has 2 aromatic carbocycles. The molecule has 2 heteroatoms. The number of terminal acetylenes is 1. The standard InChI is InChI=1S/C18H17NO/c1-3-16(14-13-15-9-5-4-6-10-15)19-17-11-7-8-12-18(17)20-2/h1,4-14,16,19H,2H3/b14-13+/t16-/m0/s1. The van der Waals surface area contributed by atoms with Crippen LogP contribution in [0.4, 0.5) is 5.69 Å². The van der Waals surface area contributed by atoms with Crippen LogP contribution < -0.4 is 10.1 Å². The van der Waals surface area contributed by atoms with Crippen molar-refractivity contribution in [1.29, 1.82) is 0 Å². The first kappa shape index (κ1) is 13.8. The fourth-order valence-electron chi connectivity index (χ4n) is 1.85. The Bertz CT molecular complexity index is 611. The van der Waals surface area contributed by atoms with Crippen molar-refractivity contribution >= 4 is 11.8 Å². The minimum atomic E-state index is -0.188. The lowest BCUT2D eigenvalue weighted by Gasteiger charge is -2.13. The number of ether oxygens (including phenoxy) is 1. The summed E-state index contributed by atoms with van der Waals surface area (Å²) in [5, 5.41) is 3.27. The number of benzene rings is 2. The molecule has 0 saturated heterocycles. The van der Waals surface area contributed by atoms with Gasteiger partial charge in [-0.2, -0.15) is 0 Å². The number of methoxy groups -OCH3 is 1. The third kappa shape index (κ3) is 3.66. The van der Waals surface area contributed by atoms with Crippen LogP contribution in [0.5, 0.6) is 5.75 Å². The lowest BCUT2D eigenvalue weighted by Crippen LogP contribution is -2.14. The van der Waals surface area contributed by atoms with Crippen LogP contribution in [-0.4, -0.2) is 13.2 Å². The molecule has 0 fully saturated rings. The van der Waals surface area contributed by atoms with E-state index in [4.69, 9.17) is 11.2 Å². The molecule has 0 aliphatic carbocycles. The molecular weight excluding hydrogens is 246 g/mol. The van der Waals surface area contributed by atoms with Crippen LogP contribution in [0.25, 0.3) is 6.08 Å². The molecule has 2 rings (SSSR count). The van der Waals surface area contributed by atoms with Crippen molar-refractivity contribution in [2.24, 2.45) is 0 Å². The van der Waals surface area contributed by atoms with Gasteiger partial charge in [-0.25, -0.2) is 0 Å². The Hall–Kier alpha value is -2.66. The maximum Gasteiger partial charge on any atom is 0.141 e. The first-order valence-corrected chi connectivity index (χ1v) is 6.42. The van der Waals surface area contributed by atoms with Gasteiger partial charge in [0.25, 0.3) is 0 Å². The Morgan fingerprint density at radius 1 is 1.10 bits per heavy atom. The summed E-state index contributed by atoms with van der Waals surface area (Å²) >= 11 is 0. The van der Waals surface area contributed by atoms with Crippen molar-refractivity contribution in [1.82, 2.24) is 0 Å². The molecule has 0 spiro atoms. The lowest BCUT2D eigenvalue weighted by atomic mass is 10.1. The van der Waals surface area contributed by atoms with E-state index in [2.05, 4.69) is 11.2 Å². The van der Waals surface area contributed by atoms with Crippen molar-refractivity contribution in [2.45, 2.75) is 6.04 Å². The minimum Gasteiger partial charge on any atom is -0.495 e. The van der Waals surface area contributed by atoms with Crippen LogP contribution in [0.3, 0.4) is 0 Å². The molecule has 2 aromatic rings. The number of rotatable bonds is 5. The van der Waals surface area contributed by atoms with Gasteiger partial charge in [0.1, 0.15) is 11.8 Å². The molecule has 0 aliphatic heterocycles. The Kier molecular flexibility index (Phi) is 4.86. The quantitative estimate of drug-likeness (QED) is 0.828. The SMILES string of the molecule is C#C[C@@H](/C=C/c1ccccc1)Nc1ccccc1OC. The van der Waals surface area contributed by atoms with Crippen LogP contribution >= 0.6 is 0 Å². The monoisotopic (exact) mass is 263 g/mol. The van der Waals surface area contributed by atoms with E-state index < -0.39 is 0 Å². The van der Waals surface area contributed by atoms with E-state index in [1.165, 1.54) is 0 Å². The number of para-hydroxylation sites is 2. The summed E-state index contributed by atoms with van der Waals surface area (Å²) in [5.74, 6) is 3.50. The second-order valence-corrected chi connectivity index (χ2v) is 4.26. The maximum absolute atomic E-state index is 5.57. The average molecular weight is 263 g/mol. The van der Waals surface area contributed by atoms with Crippen LogP contribution in [0.15, 0.2) is 60.7 Å². The normalized spacial score (nSPS) is 11.8. The Balaban J connectivity index is 2.10. The Morgan fingerprint density at radius 2 is 1.80 bits per heavy atom. The lowest BCUT2D eigenvalue weighted by molar-refractivity contribution is 0.416. The second kappa shape index (κ2) is 7.06. The van der Waals surface area contributed by atoms with Gasteiger partial charge in [0, 0.05) is 0 Å². The molecular formula is C18H17NO. The molecule has 0 unspecified atom stereocenters. The fourth-order valence-corrected chi connectivity index (χ4v) is 1.85. The summed E-state index contributed by atoms with van der Waals surface area (Å²) in [4.78, 5) is 0. The summed E-state index contributed by atoms with van der Waals surface area (Å²) in [6.45, 7) is 0. The molecule has 0 radical (unpaired) electrons. The molecule has 1 atom stereocenters. The van der Waals surface area contributed by atoms with Gasteiger partial charge in [-0.05, 0) is 23.8 Å². The van der Waals surface area contributed by atoms with Gasteiger partial charge < -0.3 is 10.1 Å². The van der Waals surface area contributed by atoms with Gasteiger partial charge >= 0.3 is 0 Å². The molecule has 0 aromatic heterocycles. The van der Waals surface area contributed by atoms with Gasteiger partial charge in [0.05, 0.1) is 12.8 Å². The highest BCUT2D eigenvalue weighted by atomic mass is 16.5. The van der Waals surface area contributed by atoms with E-state index >= 15 is 0 Å². The van der Waals surface area contributed by atoms with Gasteiger partial charge in [-0.15, -0.1) is 6.42 Å². The largest absolute Gasteiger partial charge is 0.495 e. The number of nitrogens with one attached hydrogen (secondary N) is 1. The van der Waals surface area contributed by atoms with Crippen LogP contribution in [0.2, 0.25) is 0 Å². The fraction of sp³-hybridized carbons (Fsp3) is 0.111. The Morgan fingerprint density at radius 3 is 2.50 bits per heavy atom. The highest BCUT2D eigenvalue weighted by Crippen LogP contribution is 2.23. The van der Waals surface area contributed by atoms with Gasteiger partial charge in [0.2, 0.25) is 0 Å². The van der Waals surface area contributed by atoms with E-state index in [0.29, 0.717) is 0 Å². The van der Waals surface area contributed by atoms with E-state index in [-0.39, 0.29) is 6.04 Å². The summed E-state index contributed by atoms with van der Waals surface area (Å²) in [6, 6.07) is 17.6. The van der Waals surface area contributed by atoms with E-state index in [0.717, 1.165) is 17.0 Å². The third-order valence-corrected chi connectivity index (χ3v) is 2.88. The second-order valence-electron chi connectivity index (χ2n) is 4.26. The summed E-state index contributed by atoms with van der Waals surface area (Å²) in [6.07, 6.45) is 9.54. The zero-order valence-electron chi connectivity index (χ0n) is 11.4. The molecule has 0 saturated carbocycles. The van der Waals surface area contributed by atoms with Gasteiger partial charge in [-0.3, -0.25) is 0 Å². The third-order valence-electron chi connectivity index (χ3n) is 2.88. The topological polar surface area (TPSA) is 21.3 Å². The molecule has 0 heterocycles. The van der Waals surface area contributed by atoms with E-state index in [1.807, 2.05) is 66.7 Å². The summed E-state index contributed by atoms with van der Waals surface area (Å²) in [5.41, 5.74) is 2.00. The van der Waals surface area contributed by atoms with Crippen molar-refractivity contribution in [3.63, 3.8) is 0 Å². The van der Waals surface area contributed by atoms with Crippen molar-refractivity contribution in [3.8, 4) is 18.1 Å². The summed E-state index contributed by atoms with van der Waals surface area (Å²) < 4.78 is 5.30. The highest BCUT2D eigenvalue weighted by Gasteiger charge is 2.05. The summed E-state index contributed by atoms with van der Waals surface area (Å²) in [7, 11) is 1.64. The van der Waals surface area contributed by atoms with Crippen molar-refractivity contribution in [3.05, 3.63) is 66.2 Å². The highest BCUT2D eigenvalue weighted by molar-refractivity contribution is 5.60. The number of anilines is 1. The predicted octanol–water partition coefficient (Wildman–Crippen LogP) is 3.82. The van der Waals surface area contributed by atoms with Crippen molar-refractivity contribution in [2.75, 3.05) is 12.4 Å². The molecule has 100 valence electrons. The first-order valence-electron chi connectivity index (χ1n) is 6.42. The van der Waals surface area contributed by atoms with E-state index in [9.17, 15) is 0 Å². The van der Waals surface area contributed by atoms with Crippen LogP contribution in [0.1, 0.15) is 5.56 Å². The zero-order valence-corrected chi connectivity index (χ0v) is 11.4. The number of hydrogen-bond acceptors (Lipinski definition) is 2. The zero-order chi connectivity index (χ0) is 14.2. The Labute approximate surface area is 120 Å². The molecule has 20 heavy (non-hydrogen) atoms. The van der Waals surface area contributed by atoms with Gasteiger partial charge in [-0.1, -0.05) is 54.5 Å².